The van der Waals surface area contributed by atoms with Crippen LogP contribution >= 0.6 is 0 Å². The average Bonchev–Trinajstić information content (AvgIpc) is 3.21. The number of aromatic nitrogens is 2. The first kappa shape index (κ1) is 23.6. The summed E-state index contributed by atoms with van der Waals surface area (Å²) < 4.78 is 18.5. The lowest BCUT2D eigenvalue weighted by Gasteiger charge is -2.38. The molecule has 0 aliphatic carbocycles. The van der Waals surface area contributed by atoms with Crippen LogP contribution in [0.2, 0.25) is 0 Å². The highest BCUT2D eigenvalue weighted by molar-refractivity contribution is 6.08. The van der Waals surface area contributed by atoms with E-state index >= 15 is 0 Å². The van der Waals surface area contributed by atoms with Gasteiger partial charge in [-0.3, -0.25) is 14.5 Å². The average molecular weight is 466 g/mol. The Bertz CT molecular complexity index is 1200. The van der Waals surface area contributed by atoms with Gasteiger partial charge in [0.1, 0.15) is 11.5 Å². The maximum atomic E-state index is 13.9. The van der Waals surface area contributed by atoms with Crippen molar-refractivity contribution < 1.29 is 23.8 Å². The molecule has 0 radical (unpaired) electrons. The third-order valence-corrected chi connectivity index (χ3v) is 6.17. The molecule has 2 aromatic carbocycles. The fourth-order valence-electron chi connectivity index (χ4n) is 4.50. The second-order valence-corrected chi connectivity index (χ2v) is 8.73. The number of hydrogen-bond donors (Lipinski definition) is 0. The third-order valence-electron chi connectivity index (χ3n) is 6.17. The van der Waals surface area contributed by atoms with Crippen LogP contribution in [0.4, 0.5) is 5.95 Å². The van der Waals surface area contributed by atoms with Crippen LogP contribution < -0.4 is 14.4 Å². The number of carbonyl (C=O) groups excluding carboxylic acids is 2. The molecule has 0 spiro atoms. The summed E-state index contributed by atoms with van der Waals surface area (Å²) in [6, 6.07) is 12.4. The molecule has 0 saturated heterocycles. The molecule has 0 bridgehead atoms. The highest BCUT2D eigenvalue weighted by Gasteiger charge is 2.48. The Kier molecular flexibility index (Phi) is 6.77. The molecule has 34 heavy (non-hydrogen) atoms. The Balaban J connectivity index is 2.02. The van der Waals surface area contributed by atoms with Gasteiger partial charge >= 0.3 is 5.97 Å². The van der Waals surface area contributed by atoms with Gasteiger partial charge in [-0.1, -0.05) is 26.0 Å². The molecule has 1 aliphatic heterocycles. The van der Waals surface area contributed by atoms with Gasteiger partial charge in [0.25, 0.3) is 0 Å². The summed E-state index contributed by atoms with van der Waals surface area (Å²) in [7, 11) is 3.14. The predicted molar refractivity (Wildman–Crippen MR) is 129 cm³/mol. The lowest BCUT2D eigenvalue weighted by molar-refractivity contribution is -0.153. The molecular formula is C26H31N3O5. The number of imidazole rings is 1. The highest BCUT2D eigenvalue weighted by atomic mass is 16.5. The lowest BCUT2D eigenvalue weighted by atomic mass is 9.88. The number of para-hydroxylation sites is 2. The molecule has 1 aliphatic rings. The molecule has 1 amide bonds. The quantitative estimate of drug-likeness (QED) is 0.366. The Hall–Kier alpha value is -3.55. The Labute approximate surface area is 199 Å². The van der Waals surface area contributed by atoms with E-state index in [9.17, 15) is 9.59 Å². The first-order valence-corrected chi connectivity index (χ1v) is 11.6. The van der Waals surface area contributed by atoms with Crippen molar-refractivity contribution >= 4 is 28.9 Å². The van der Waals surface area contributed by atoms with Gasteiger partial charge in [-0.15, -0.1) is 0 Å². The molecule has 180 valence electrons. The standard InChI is InChI=1S/C26H31N3O5/c1-6-34-25(31)22-23(18-15-17(32-4)11-12-21(18)33-5)29-20-10-8-7-9-19(20)27-26(29)28(24(22)30)14-13-16(2)3/h7-12,15-16,22-23H,6,13-14H2,1-5H3/t22-,23+/m1/s1. The monoisotopic (exact) mass is 465 g/mol. The van der Waals surface area contributed by atoms with Gasteiger partial charge in [-0.05, 0) is 49.6 Å². The van der Waals surface area contributed by atoms with Crippen molar-refractivity contribution in [2.45, 2.75) is 33.2 Å². The van der Waals surface area contributed by atoms with Crippen LogP contribution in [0.15, 0.2) is 42.5 Å². The van der Waals surface area contributed by atoms with Gasteiger partial charge in [0, 0.05) is 12.1 Å². The van der Waals surface area contributed by atoms with Crippen LogP contribution in [0.3, 0.4) is 0 Å². The molecule has 0 unspecified atom stereocenters. The van der Waals surface area contributed by atoms with E-state index in [0.717, 1.165) is 17.5 Å². The van der Waals surface area contributed by atoms with Crippen LogP contribution in [-0.2, 0) is 14.3 Å². The maximum absolute atomic E-state index is 13.9. The van der Waals surface area contributed by atoms with Gasteiger partial charge in [0.2, 0.25) is 11.9 Å². The SMILES string of the molecule is CCOC(=O)[C@H]1C(=O)N(CCC(C)C)c2nc3ccccc3n2[C@H]1c1cc(OC)ccc1OC. The number of benzene rings is 2. The molecule has 2 atom stereocenters. The summed E-state index contributed by atoms with van der Waals surface area (Å²) in [5.74, 6) is 0.0480. The maximum Gasteiger partial charge on any atom is 0.321 e. The summed E-state index contributed by atoms with van der Waals surface area (Å²) in [5.41, 5.74) is 2.22. The van der Waals surface area contributed by atoms with Crippen molar-refractivity contribution in [2.75, 3.05) is 32.3 Å². The van der Waals surface area contributed by atoms with Gasteiger partial charge in [0.05, 0.1) is 37.9 Å². The summed E-state index contributed by atoms with van der Waals surface area (Å²) in [4.78, 5) is 33.7. The van der Waals surface area contributed by atoms with E-state index in [-0.39, 0.29) is 12.5 Å². The zero-order valence-electron chi connectivity index (χ0n) is 20.3. The van der Waals surface area contributed by atoms with Crippen LogP contribution in [0.1, 0.15) is 38.8 Å². The summed E-state index contributed by atoms with van der Waals surface area (Å²) in [6.07, 6.45) is 0.775. The number of methoxy groups -OCH3 is 2. The van der Waals surface area contributed by atoms with Crippen LogP contribution in [0, 0.1) is 11.8 Å². The van der Waals surface area contributed by atoms with Gasteiger partial charge in [-0.2, -0.15) is 0 Å². The third kappa shape index (κ3) is 4.08. The molecule has 2 heterocycles. The molecule has 0 saturated carbocycles. The number of carbonyl (C=O) groups is 2. The number of rotatable bonds is 8. The zero-order chi connectivity index (χ0) is 24.4. The number of amides is 1. The minimum atomic E-state index is -1.10. The fraction of sp³-hybridized carbons (Fsp3) is 0.423. The van der Waals surface area contributed by atoms with Crippen molar-refractivity contribution in [2.24, 2.45) is 11.8 Å². The number of ether oxygens (including phenoxy) is 3. The summed E-state index contributed by atoms with van der Waals surface area (Å²) >= 11 is 0. The van der Waals surface area contributed by atoms with E-state index in [2.05, 4.69) is 13.8 Å². The Morgan fingerprint density at radius 1 is 1.12 bits per heavy atom. The smallest absolute Gasteiger partial charge is 0.321 e. The second kappa shape index (κ2) is 9.75. The van der Waals surface area contributed by atoms with E-state index < -0.39 is 17.9 Å². The van der Waals surface area contributed by atoms with Crippen molar-refractivity contribution in [1.82, 2.24) is 9.55 Å². The van der Waals surface area contributed by atoms with Crippen molar-refractivity contribution in [3.63, 3.8) is 0 Å². The molecule has 8 nitrogen and oxygen atoms in total. The van der Waals surface area contributed by atoms with Crippen LogP contribution in [0.25, 0.3) is 11.0 Å². The topological polar surface area (TPSA) is 82.9 Å². The summed E-state index contributed by atoms with van der Waals surface area (Å²) in [5, 5.41) is 0. The first-order valence-electron chi connectivity index (χ1n) is 11.6. The highest BCUT2D eigenvalue weighted by Crippen LogP contribution is 2.45. The predicted octanol–water partition coefficient (Wildman–Crippen LogP) is 4.21. The van der Waals surface area contributed by atoms with Gasteiger partial charge < -0.3 is 18.8 Å². The normalized spacial score (nSPS) is 17.7. The number of esters is 1. The fourth-order valence-corrected chi connectivity index (χ4v) is 4.50. The molecule has 3 aromatic rings. The molecule has 0 N–H and O–H groups in total. The van der Waals surface area contributed by atoms with Crippen molar-refractivity contribution in [1.29, 1.82) is 0 Å². The number of hydrogen-bond acceptors (Lipinski definition) is 6. The van der Waals surface area contributed by atoms with E-state index in [0.29, 0.717) is 35.5 Å². The first-order chi connectivity index (χ1) is 16.4. The molecule has 8 heteroatoms. The van der Waals surface area contributed by atoms with Crippen LogP contribution in [-0.4, -0.2) is 48.8 Å². The zero-order valence-corrected chi connectivity index (χ0v) is 20.3. The van der Waals surface area contributed by atoms with Crippen molar-refractivity contribution in [3.8, 4) is 11.5 Å². The van der Waals surface area contributed by atoms with Crippen LogP contribution in [0.5, 0.6) is 11.5 Å². The lowest BCUT2D eigenvalue weighted by Crippen LogP contribution is -2.50. The molecule has 0 fully saturated rings. The second-order valence-electron chi connectivity index (χ2n) is 8.73. The van der Waals surface area contributed by atoms with Gasteiger partial charge in [0.15, 0.2) is 5.92 Å². The van der Waals surface area contributed by atoms with E-state index in [1.165, 1.54) is 0 Å². The van der Waals surface area contributed by atoms with Crippen molar-refractivity contribution in [3.05, 3.63) is 48.0 Å². The summed E-state index contributed by atoms with van der Waals surface area (Å²) in [6.45, 7) is 6.57. The number of fused-ring (bicyclic) bond motifs is 3. The molecule has 1 aromatic heterocycles. The minimum absolute atomic E-state index is 0.175. The van der Waals surface area contributed by atoms with E-state index in [4.69, 9.17) is 19.2 Å². The Morgan fingerprint density at radius 3 is 2.56 bits per heavy atom. The van der Waals surface area contributed by atoms with E-state index in [1.807, 2.05) is 34.9 Å². The number of anilines is 1. The van der Waals surface area contributed by atoms with Gasteiger partial charge in [-0.25, -0.2) is 4.98 Å². The minimum Gasteiger partial charge on any atom is -0.497 e. The molecular weight excluding hydrogens is 434 g/mol. The Morgan fingerprint density at radius 2 is 1.88 bits per heavy atom. The number of nitrogens with zero attached hydrogens (tertiary/aromatic N) is 3. The molecule has 4 rings (SSSR count). The largest absolute Gasteiger partial charge is 0.497 e. The van der Waals surface area contributed by atoms with E-state index in [1.54, 1.807) is 38.2 Å².